The summed E-state index contributed by atoms with van der Waals surface area (Å²) in [6, 6.07) is 14.1. The Morgan fingerprint density at radius 1 is 1.12 bits per heavy atom. The van der Waals surface area contributed by atoms with Crippen LogP contribution in [-0.4, -0.2) is 21.3 Å². The molecule has 0 fully saturated rings. The summed E-state index contributed by atoms with van der Waals surface area (Å²) in [6.45, 7) is 7.31. The topological polar surface area (TPSA) is 47.3 Å². The van der Waals surface area contributed by atoms with Crippen LogP contribution < -0.4 is 4.74 Å². The molecule has 0 aliphatic rings. The highest BCUT2D eigenvalue weighted by molar-refractivity contribution is 5.76. The lowest BCUT2D eigenvalue weighted by atomic mass is 10.1. The van der Waals surface area contributed by atoms with Gasteiger partial charge in [-0.15, -0.1) is 0 Å². The van der Waals surface area contributed by atoms with Gasteiger partial charge in [0.1, 0.15) is 24.3 Å². The summed E-state index contributed by atoms with van der Waals surface area (Å²) in [4.78, 5) is 4.60. The molecule has 1 aromatic heterocycles. The average molecular weight is 324 g/mol. The van der Waals surface area contributed by atoms with Crippen molar-refractivity contribution in [1.29, 1.82) is 0 Å². The molecule has 4 nitrogen and oxygen atoms in total. The first-order chi connectivity index (χ1) is 11.6. The molecule has 2 aromatic carbocycles. The normalized spacial score (nSPS) is 12.5. The Kier molecular flexibility index (Phi) is 4.86. The fourth-order valence-electron chi connectivity index (χ4n) is 2.89. The van der Waals surface area contributed by atoms with Gasteiger partial charge in [0, 0.05) is 0 Å². The number of fused-ring (bicyclic) bond motifs is 1. The van der Waals surface area contributed by atoms with E-state index in [0.717, 1.165) is 16.8 Å². The Balaban J connectivity index is 1.83. The smallest absolute Gasteiger partial charge is 0.138 e. The zero-order valence-corrected chi connectivity index (χ0v) is 14.5. The lowest BCUT2D eigenvalue weighted by Crippen LogP contribution is -2.14. The summed E-state index contributed by atoms with van der Waals surface area (Å²) in [5.74, 6) is 1.63. The number of aliphatic hydroxyl groups excluding tert-OH is 1. The third-order valence-electron chi connectivity index (χ3n) is 4.50. The zero-order chi connectivity index (χ0) is 17.1. The van der Waals surface area contributed by atoms with Gasteiger partial charge >= 0.3 is 0 Å². The van der Waals surface area contributed by atoms with Gasteiger partial charge in [0.2, 0.25) is 0 Å². The van der Waals surface area contributed by atoms with E-state index in [2.05, 4.69) is 29.5 Å². The van der Waals surface area contributed by atoms with Crippen LogP contribution in [-0.2, 0) is 6.54 Å². The van der Waals surface area contributed by atoms with Crippen molar-refractivity contribution >= 4 is 11.0 Å². The van der Waals surface area contributed by atoms with Gasteiger partial charge in [-0.25, -0.2) is 4.98 Å². The van der Waals surface area contributed by atoms with Crippen molar-refractivity contribution < 1.29 is 9.84 Å². The van der Waals surface area contributed by atoms with E-state index in [4.69, 9.17) is 4.74 Å². The van der Waals surface area contributed by atoms with Crippen molar-refractivity contribution in [1.82, 2.24) is 9.55 Å². The van der Waals surface area contributed by atoms with Crippen molar-refractivity contribution in [3.05, 3.63) is 59.4 Å². The van der Waals surface area contributed by atoms with Gasteiger partial charge in [0.15, 0.2) is 0 Å². The predicted molar refractivity (Wildman–Crippen MR) is 96.4 cm³/mol. The van der Waals surface area contributed by atoms with Gasteiger partial charge in [-0.1, -0.05) is 31.2 Å². The summed E-state index contributed by atoms with van der Waals surface area (Å²) in [7, 11) is 0. The number of aromatic nitrogens is 2. The number of ether oxygens (including phenoxy) is 1. The summed E-state index contributed by atoms with van der Waals surface area (Å²) in [5.41, 5.74) is 4.33. The van der Waals surface area contributed by atoms with Crippen LogP contribution in [0.1, 0.15) is 36.4 Å². The minimum absolute atomic E-state index is 0.536. The fraction of sp³-hybridized carbons (Fsp3) is 0.350. The highest BCUT2D eigenvalue weighted by atomic mass is 16.5. The molecule has 0 amide bonds. The van der Waals surface area contributed by atoms with Gasteiger partial charge in [0.05, 0.1) is 17.6 Å². The largest absolute Gasteiger partial charge is 0.491 e. The average Bonchev–Trinajstić information content (AvgIpc) is 2.97. The predicted octanol–water partition coefficient (Wildman–Crippen LogP) is 4.18. The van der Waals surface area contributed by atoms with Gasteiger partial charge in [-0.3, -0.25) is 0 Å². The number of aliphatic hydroxyl groups is 1. The quantitative estimate of drug-likeness (QED) is 0.740. The maximum absolute atomic E-state index is 10.3. The van der Waals surface area contributed by atoms with E-state index in [1.165, 1.54) is 11.1 Å². The molecule has 0 aliphatic carbocycles. The zero-order valence-electron chi connectivity index (χ0n) is 14.5. The van der Waals surface area contributed by atoms with Crippen LogP contribution in [0.2, 0.25) is 0 Å². The van der Waals surface area contributed by atoms with Crippen LogP contribution in [0.15, 0.2) is 42.5 Å². The molecule has 0 saturated heterocycles. The SMILES string of the molecule is CC[C@H](O)c1nc2ccccc2n1CCOc1cccc(C)c1C. The van der Waals surface area contributed by atoms with E-state index < -0.39 is 6.10 Å². The molecule has 0 aliphatic heterocycles. The van der Waals surface area contributed by atoms with E-state index in [9.17, 15) is 5.11 Å². The van der Waals surface area contributed by atoms with Gasteiger partial charge in [-0.2, -0.15) is 0 Å². The standard InChI is InChI=1S/C20H24N2O2/c1-4-18(23)20-21-16-9-5-6-10-17(16)22(20)12-13-24-19-11-7-8-14(2)15(19)3/h5-11,18,23H,4,12-13H2,1-3H3/t18-/m0/s1. The van der Waals surface area contributed by atoms with Crippen molar-refractivity contribution in [3.63, 3.8) is 0 Å². The molecule has 4 heteroatoms. The van der Waals surface area contributed by atoms with Crippen LogP contribution in [0.25, 0.3) is 11.0 Å². The molecule has 3 aromatic rings. The van der Waals surface area contributed by atoms with E-state index in [1.54, 1.807) is 0 Å². The van der Waals surface area contributed by atoms with E-state index in [1.807, 2.05) is 43.3 Å². The van der Waals surface area contributed by atoms with Crippen molar-refractivity contribution in [2.24, 2.45) is 0 Å². The second kappa shape index (κ2) is 7.05. The first kappa shape index (κ1) is 16.5. The number of benzene rings is 2. The van der Waals surface area contributed by atoms with Gasteiger partial charge in [-0.05, 0) is 49.6 Å². The number of hydrogen-bond acceptors (Lipinski definition) is 3. The van der Waals surface area contributed by atoms with E-state index in [-0.39, 0.29) is 0 Å². The highest BCUT2D eigenvalue weighted by Crippen LogP contribution is 2.24. The number of hydrogen-bond donors (Lipinski definition) is 1. The Morgan fingerprint density at radius 2 is 1.92 bits per heavy atom. The van der Waals surface area contributed by atoms with Crippen molar-refractivity contribution in [3.8, 4) is 5.75 Å². The molecule has 24 heavy (non-hydrogen) atoms. The third kappa shape index (κ3) is 3.15. The minimum Gasteiger partial charge on any atom is -0.491 e. The molecule has 1 atom stereocenters. The fourth-order valence-corrected chi connectivity index (χ4v) is 2.89. The molecule has 1 N–H and O–H groups in total. The molecule has 3 rings (SSSR count). The van der Waals surface area contributed by atoms with Crippen LogP contribution in [0.3, 0.4) is 0 Å². The van der Waals surface area contributed by atoms with Crippen LogP contribution >= 0.6 is 0 Å². The first-order valence-corrected chi connectivity index (χ1v) is 8.44. The Bertz CT molecular complexity index is 839. The van der Waals surface area contributed by atoms with Crippen LogP contribution in [0.4, 0.5) is 0 Å². The number of aryl methyl sites for hydroxylation is 1. The monoisotopic (exact) mass is 324 g/mol. The lowest BCUT2D eigenvalue weighted by Gasteiger charge is -2.15. The number of nitrogens with zero attached hydrogens (tertiary/aromatic N) is 2. The molecular weight excluding hydrogens is 300 g/mol. The number of rotatable bonds is 6. The first-order valence-electron chi connectivity index (χ1n) is 8.44. The van der Waals surface area contributed by atoms with Crippen LogP contribution in [0, 0.1) is 13.8 Å². The third-order valence-corrected chi connectivity index (χ3v) is 4.50. The molecule has 0 saturated carbocycles. The minimum atomic E-state index is -0.557. The molecule has 126 valence electrons. The Labute approximate surface area is 142 Å². The summed E-state index contributed by atoms with van der Waals surface area (Å²) in [6.07, 6.45) is 0.0827. The number of imidazole rings is 1. The Hall–Kier alpha value is -2.33. The molecular formula is C20H24N2O2. The molecule has 0 unspecified atom stereocenters. The highest BCUT2D eigenvalue weighted by Gasteiger charge is 2.16. The molecule has 0 radical (unpaired) electrons. The van der Waals surface area contributed by atoms with E-state index in [0.29, 0.717) is 25.4 Å². The molecule has 0 spiro atoms. The molecule has 0 bridgehead atoms. The van der Waals surface area contributed by atoms with Gasteiger partial charge < -0.3 is 14.4 Å². The van der Waals surface area contributed by atoms with Crippen LogP contribution in [0.5, 0.6) is 5.75 Å². The summed E-state index contributed by atoms with van der Waals surface area (Å²) in [5, 5.41) is 10.3. The van der Waals surface area contributed by atoms with E-state index >= 15 is 0 Å². The second-order valence-corrected chi connectivity index (χ2v) is 6.08. The summed E-state index contributed by atoms with van der Waals surface area (Å²) < 4.78 is 8.04. The van der Waals surface area contributed by atoms with Gasteiger partial charge in [0.25, 0.3) is 0 Å². The number of para-hydroxylation sites is 2. The van der Waals surface area contributed by atoms with Crippen molar-refractivity contribution in [2.75, 3.05) is 6.61 Å². The Morgan fingerprint density at radius 3 is 2.71 bits per heavy atom. The maximum Gasteiger partial charge on any atom is 0.138 e. The molecule has 1 heterocycles. The van der Waals surface area contributed by atoms with Crippen molar-refractivity contribution in [2.45, 2.75) is 39.8 Å². The second-order valence-electron chi connectivity index (χ2n) is 6.08. The maximum atomic E-state index is 10.3. The lowest BCUT2D eigenvalue weighted by molar-refractivity contribution is 0.157. The summed E-state index contributed by atoms with van der Waals surface area (Å²) >= 11 is 0.